The molecule has 8 heteroatoms. The SMILES string of the molecule is C=C(C)C(=O)OC(=O)OCCOC(=O)OC(=O)C(=C)C. The Labute approximate surface area is 114 Å². The van der Waals surface area contributed by atoms with Crippen molar-refractivity contribution in [1.82, 2.24) is 0 Å². The summed E-state index contributed by atoms with van der Waals surface area (Å²) < 4.78 is 17.2. The summed E-state index contributed by atoms with van der Waals surface area (Å²) in [6.45, 7) is 8.48. The third-order valence-corrected chi connectivity index (χ3v) is 1.57. The quantitative estimate of drug-likeness (QED) is 0.324. The third kappa shape index (κ3) is 7.64. The number of hydrogen-bond acceptors (Lipinski definition) is 8. The van der Waals surface area contributed by atoms with E-state index in [9.17, 15) is 19.2 Å². The summed E-state index contributed by atoms with van der Waals surface area (Å²) in [5.41, 5.74) is 0.0557. The fraction of sp³-hybridized carbons (Fsp3) is 0.333. The van der Waals surface area contributed by atoms with Crippen LogP contribution in [0.5, 0.6) is 0 Å². The molecule has 0 atom stereocenters. The molecule has 0 aromatic carbocycles. The first-order valence-electron chi connectivity index (χ1n) is 5.33. The Morgan fingerprint density at radius 2 is 1.05 bits per heavy atom. The molecule has 0 unspecified atom stereocenters. The standard InChI is InChI=1S/C12H14O8/c1-7(2)9(13)19-11(15)17-5-6-18-12(16)20-10(14)8(3)4/h1,3,5-6H2,2,4H3. The highest BCUT2D eigenvalue weighted by atomic mass is 16.8. The highest BCUT2D eigenvalue weighted by molar-refractivity contribution is 5.94. The summed E-state index contributed by atoms with van der Waals surface area (Å²) in [6, 6.07) is 0. The minimum Gasteiger partial charge on any atom is -0.430 e. The summed E-state index contributed by atoms with van der Waals surface area (Å²) in [5.74, 6) is -1.86. The Hall–Kier alpha value is -2.64. The maximum absolute atomic E-state index is 10.9. The summed E-state index contributed by atoms with van der Waals surface area (Å²) in [4.78, 5) is 43.7. The van der Waals surface area contributed by atoms with E-state index < -0.39 is 24.2 Å². The van der Waals surface area contributed by atoms with Gasteiger partial charge in [0.1, 0.15) is 13.2 Å². The van der Waals surface area contributed by atoms with Gasteiger partial charge in [0.05, 0.1) is 0 Å². The molecule has 0 aliphatic carbocycles. The second kappa shape index (κ2) is 8.46. The molecule has 0 saturated heterocycles. The first-order valence-corrected chi connectivity index (χ1v) is 5.33. The van der Waals surface area contributed by atoms with E-state index in [1.54, 1.807) is 0 Å². The monoisotopic (exact) mass is 286 g/mol. The van der Waals surface area contributed by atoms with Gasteiger partial charge in [-0.25, -0.2) is 19.2 Å². The molecule has 20 heavy (non-hydrogen) atoms. The lowest BCUT2D eigenvalue weighted by atomic mass is 10.4. The van der Waals surface area contributed by atoms with Crippen LogP contribution in [-0.4, -0.2) is 37.5 Å². The molecule has 0 saturated carbocycles. The molecule has 8 nitrogen and oxygen atoms in total. The smallest absolute Gasteiger partial charge is 0.430 e. The molecular weight excluding hydrogens is 272 g/mol. The maximum Gasteiger partial charge on any atom is 0.516 e. The van der Waals surface area contributed by atoms with Crippen molar-refractivity contribution in [3.8, 4) is 0 Å². The Morgan fingerprint density at radius 3 is 1.30 bits per heavy atom. The van der Waals surface area contributed by atoms with Gasteiger partial charge in [0.15, 0.2) is 0 Å². The Balaban J connectivity index is 3.81. The number of esters is 2. The highest BCUT2D eigenvalue weighted by Crippen LogP contribution is 1.97. The van der Waals surface area contributed by atoms with Crippen LogP contribution in [0.15, 0.2) is 24.3 Å². The van der Waals surface area contributed by atoms with E-state index in [0.29, 0.717) is 0 Å². The van der Waals surface area contributed by atoms with Crippen LogP contribution < -0.4 is 0 Å². The number of carbonyl (C=O) groups is 4. The lowest BCUT2D eigenvalue weighted by Gasteiger charge is -2.06. The van der Waals surface area contributed by atoms with Crippen molar-refractivity contribution in [1.29, 1.82) is 0 Å². The van der Waals surface area contributed by atoms with Crippen molar-refractivity contribution in [3.63, 3.8) is 0 Å². The van der Waals surface area contributed by atoms with Crippen LogP contribution in [-0.2, 0) is 28.5 Å². The fourth-order valence-electron chi connectivity index (χ4n) is 0.635. The van der Waals surface area contributed by atoms with E-state index >= 15 is 0 Å². The molecule has 0 N–H and O–H groups in total. The Morgan fingerprint density at radius 1 is 0.750 bits per heavy atom. The van der Waals surface area contributed by atoms with Gasteiger partial charge in [-0.1, -0.05) is 13.2 Å². The van der Waals surface area contributed by atoms with E-state index in [-0.39, 0.29) is 24.4 Å². The van der Waals surface area contributed by atoms with Crippen molar-refractivity contribution in [2.75, 3.05) is 13.2 Å². The van der Waals surface area contributed by atoms with Gasteiger partial charge in [-0.05, 0) is 13.8 Å². The van der Waals surface area contributed by atoms with Crippen LogP contribution in [0.2, 0.25) is 0 Å². The predicted octanol–water partition coefficient (Wildman–Crippen LogP) is 1.50. The maximum atomic E-state index is 10.9. The van der Waals surface area contributed by atoms with E-state index in [0.717, 1.165) is 0 Å². The topological polar surface area (TPSA) is 105 Å². The molecule has 0 aromatic heterocycles. The second-order valence-corrected chi connectivity index (χ2v) is 3.54. The Kier molecular flexibility index (Phi) is 7.34. The largest absolute Gasteiger partial charge is 0.516 e. The second-order valence-electron chi connectivity index (χ2n) is 3.54. The van der Waals surface area contributed by atoms with Crippen molar-refractivity contribution in [2.45, 2.75) is 13.8 Å². The first kappa shape index (κ1) is 17.4. The number of rotatable bonds is 5. The van der Waals surface area contributed by atoms with Gasteiger partial charge in [0, 0.05) is 11.1 Å². The van der Waals surface area contributed by atoms with Crippen LogP contribution in [0.4, 0.5) is 9.59 Å². The predicted molar refractivity (Wildman–Crippen MR) is 64.5 cm³/mol. The summed E-state index contributed by atoms with van der Waals surface area (Å²) in [7, 11) is 0. The van der Waals surface area contributed by atoms with Crippen LogP contribution >= 0.6 is 0 Å². The molecular formula is C12H14O8. The molecule has 110 valence electrons. The number of ether oxygens (including phenoxy) is 4. The van der Waals surface area contributed by atoms with E-state index in [4.69, 9.17) is 0 Å². The third-order valence-electron chi connectivity index (χ3n) is 1.57. The van der Waals surface area contributed by atoms with E-state index in [2.05, 4.69) is 32.1 Å². The van der Waals surface area contributed by atoms with Crippen molar-refractivity contribution < 1.29 is 38.1 Å². The molecule has 0 rings (SSSR count). The van der Waals surface area contributed by atoms with Crippen LogP contribution in [0.1, 0.15) is 13.8 Å². The molecule has 0 fully saturated rings. The van der Waals surface area contributed by atoms with Gasteiger partial charge in [0.2, 0.25) is 0 Å². The van der Waals surface area contributed by atoms with Gasteiger partial charge in [-0.2, -0.15) is 0 Å². The summed E-state index contributed by atoms with van der Waals surface area (Å²) >= 11 is 0. The van der Waals surface area contributed by atoms with Crippen molar-refractivity contribution >= 4 is 24.2 Å². The fourth-order valence-corrected chi connectivity index (χ4v) is 0.635. The molecule has 0 amide bonds. The minimum absolute atomic E-state index is 0.0279. The normalized spacial score (nSPS) is 9.10. The zero-order chi connectivity index (χ0) is 15.7. The van der Waals surface area contributed by atoms with Crippen LogP contribution in [0.3, 0.4) is 0 Å². The first-order chi connectivity index (χ1) is 9.23. The summed E-state index contributed by atoms with van der Waals surface area (Å²) in [5, 5.41) is 0. The molecule has 0 spiro atoms. The zero-order valence-electron chi connectivity index (χ0n) is 11.1. The highest BCUT2D eigenvalue weighted by Gasteiger charge is 2.14. The zero-order valence-corrected chi connectivity index (χ0v) is 11.1. The number of carbonyl (C=O) groups excluding carboxylic acids is 4. The van der Waals surface area contributed by atoms with E-state index in [1.807, 2.05) is 0 Å². The lowest BCUT2D eigenvalue weighted by Crippen LogP contribution is -2.19. The van der Waals surface area contributed by atoms with Gasteiger partial charge in [-0.3, -0.25) is 0 Å². The average Bonchev–Trinajstić information content (AvgIpc) is 2.34. The van der Waals surface area contributed by atoms with Gasteiger partial charge < -0.3 is 18.9 Å². The molecule has 0 bridgehead atoms. The lowest BCUT2D eigenvalue weighted by molar-refractivity contribution is -0.137. The molecule has 0 radical (unpaired) electrons. The summed E-state index contributed by atoms with van der Waals surface area (Å²) in [6.07, 6.45) is -2.51. The number of hydrogen-bond donors (Lipinski definition) is 0. The molecule has 0 aliphatic heterocycles. The van der Waals surface area contributed by atoms with Crippen molar-refractivity contribution in [3.05, 3.63) is 24.3 Å². The van der Waals surface area contributed by atoms with E-state index in [1.165, 1.54) is 13.8 Å². The Bertz CT molecular complexity index is 406. The molecule has 0 aliphatic rings. The van der Waals surface area contributed by atoms with Gasteiger partial charge in [0.25, 0.3) is 0 Å². The molecule has 0 heterocycles. The van der Waals surface area contributed by atoms with Crippen LogP contribution in [0, 0.1) is 0 Å². The average molecular weight is 286 g/mol. The minimum atomic E-state index is -1.26. The van der Waals surface area contributed by atoms with Crippen molar-refractivity contribution in [2.24, 2.45) is 0 Å². The van der Waals surface area contributed by atoms with Crippen LogP contribution in [0.25, 0.3) is 0 Å². The molecule has 0 aromatic rings. The van der Waals surface area contributed by atoms with Gasteiger partial charge >= 0.3 is 24.2 Å². The van der Waals surface area contributed by atoms with Gasteiger partial charge in [-0.15, -0.1) is 0 Å².